The molecule has 1 aromatic rings. The summed E-state index contributed by atoms with van der Waals surface area (Å²) in [6.07, 6.45) is 3.58. The molecule has 1 aliphatic heterocycles. The number of nitrogens with zero attached hydrogens (tertiary/aromatic N) is 1. The van der Waals surface area contributed by atoms with Crippen LogP contribution in [0.2, 0.25) is 0 Å². The molecule has 1 saturated carbocycles. The number of amides is 2. The van der Waals surface area contributed by atoms with Crippen molar-refractivity contribution in [1.29, 1.82) is 0 Å². The first-order chi connectivity index (χ1) is 10.0. The van der Waals surface area contributed by atoms with E-state index in [9.17, 15) is 9.59 Å². The molecule has 2 atom stereocenters. The Hall–Kier alpha value is -1.36. The maximum absolute atomic E-state index is 12.8. The molecule has 0 bridgehead atoms. The van der Waals surface area contributed by atoms with E-state index < -0.39 is 5.54 Å². The van der Waals surface area contributed by atoms with E-state index in [1.165, 1.54) is 4.88 Å². The third kappa shape index (κ3) is 2.71. The molecule has 0 aromatic carbocycles. The van der Waals surface area contributed by atoms with Gasteiger partial charge in [-0.05, 0) is 50.0 Å². The molecule has 2 heterocycles. The van der Waals surface area contributed by atoms with Gasteiger partial charge in [0.05, 0.1) is 0 Å². The first-order valence-corrected chi connectivity index (χ1v) is 8.58. The fraction of sp³-hybridized carbons (Fsp3) is 0.625. The lowest BCUT2D eigenvalue weighted by Crippen LogP contribution is -2.69. The van der Waals surface area contributed by atoms with Crippen LogP contribution in [-0.2, 0) is 16.0 Å². The van der Waals surface area contributed by atoms with E-state index in [0.29, 0.717) is 18.9 Å². The summed E-state index contributed by atoms with van der Waals surface area (Å²) in [5, 5.41) is 5.01. The van der Waals surface area contributed by atoms with Gasteiger partial charge in [0.15, 0.2) is 0 Å². The topological polar surface area (TPSA) is 49.4 Å². The van der Waals surface area contributed by atoms with Gasteiger partial charge in [0.2, 0.25) is 11.8 Å². The highest BCUT2D eigenvalue weighted by Gasteiger charge is 2.51. The van der Waals surface area contributed by atoms with E-state index >= 15 is 0 Å². The van der Waals surface area contributed by atoms with Gasteiger partial charge in [-0.1, -0.05) is 13.0 Å². The quantitative estimate of drug-likeness (QED) is 0.906. The molecule has 1 aromatic heterocycles. The fourth-order valence-corrected chi connectivity index (χ4v) is 3.73. The van der Waals surface area contributed by atoms with Crippen LogP contribution < -0.4 is 5.32 Å². The molecular formula is C16H22N2O2S. The van der Waals surface area contributed by atoms with Gasteiger partial charge < -0.3 is 10.2 Å². The van der Waals surface area contributed by atoms with E-state index in [1.807, 2.05) is 24.8 Å². The minimum atomic E-state index is -0.738. The second kappa shape index (κ2) is 5.44. The molecule has 0 spiro atoms. The van der Waals surface area contributed by atoms with Crippen molar-refractivity contribution in [2.75, 3.05) is 6.54 Å². The van der Waals surface area contributed by atoms with Gasteiger partial charge in [-0.3, -0.25) is 9.59 Å². The standard InChI is InChI=1S/C16H22N2O2S/c1-3-16(2)15(20)18(9-8-12-5-4-10-21-12)13(11-6-7-11)14(19)17-16/h4-5,10-11,13H,3,6-9H2,1-2H3,(H,17,19). The SMILES string of the molecule is CCC1(C)NC(=O)C(C2CC2)N(CCc2cccs2)C1=O. The van der Waals surface area contributed by atoms with Crippen molar-refractivity contribution >= 4 is 23.2 Å². The molecule has 4 nitrogen and oxygen atoms in total. The van der Waals surface area contributed by atoms with Gasteiger partial charge >= 0.3 is 0 Å². The van der Waals surface area contributed by atoms with Crippen LogP contribution in [0, 0.1) is 5.92 Å². The molecule has 1 N–H and O–H groups in total. The number of hydrogen-bond donors (Lipinski definition) is 1. The highest BCUT2D eigenvalue weighted by atomic mass is 32.1. The van der Waals surface area contributed by atoms with Crippen molar-refractivity contribution < 1.29 is 9.59 Å². The van der Waals surface area contributed by atoms with E-state index in [0.717, 1.165) is 19.3 Å². The molecule has 3 rings (SSSR count). The first kappa shape index (κ1) is 14.6. The summed E-state index contributed by atoms with van der Waals surface area (Å²) in [7, 11) is 0. The molecule has 1 saturated heterocycles. The molecule has 5 heteroatoms. The first-order valence-electron chi connectivity index (χ1n) is 7.70. The number of piperazine rings is 1. The predicted octanol–water partition coefficient (Wildman–Crippen LogP) is 2.20. The Morgan fingerprint density at radius 3 is 2.76 bits per heavy atom. The van der Waals surface area contributed by atoms with Gasteiger partial charge in [-0.2, -0.15) is 0 Å². The van der Waals surface area contributed by atoms with Crippen molar-refractivity contribution in [2.45, 2.75) is 51.1 Å². The van der Waals surface area contributed by atoms with Crippen molar-refractivity contribution in [3.63, 3.8) is 0 Å². The van der Waals surface area contributed by atoms with Gasteiger partial charge in [0, 0.05) is 11.4 Å². The lowest BCUT2D eigenvalue weighted by molar-refractivity contribution is -0.155. The van der Waals surface area contributed by atoms with Crippen LogP contribution in [0.1, 0.15) is 38.0 Å². The Morgan fingerprint density at radius 1 is 1.43 bits per heavy atom. The monoisotopic (exact) mass is 306 g/mol. The van der Waals surface area contributed by atoms with Crippen LogP contribution in [0.4, 0.5) is 0 Å². The zero-order chi connectivity index (χ0) is 15.0. The zero-order valence-corrected chi connectivity index (χ0v) is 13.4. The summed E-state index contributed by atoms with van der Waals surface area (Å²) < 4.78 is 0. The third-order valence-corrected chi connectivity index (χ3v) is 5.63. The number of carbonyl (C=O) groups is 2. The summed E-state index contributed by atoms with van der Waals surface area (Å²) in [4.78, 5) is 28.4. The minimum Gasteiger partial charge on any atom is -0.340 e. The lowest BCUT2D eigenvalue weighted by atomic mass is 9.90. The number of nitrogens with one attached hydrogen (secondary N) is 1. The lowest BCUT2D eigenvalue weighted by Gasteiger charge is -2.44. The number of rotatable bonds is 5. The number of carbonyl (C=O) groups excluding carboxylic acids is 2. The van der Waals surface area contributed by atoms with Gasteiger partial charge in [0.25, 0.3) is 0 Å². The van der Waals surface area contributed by atoms with Crippen molar-refractivity contribution in [1.82, 2.24) is 10.2 Å². The Bertz CT molecular complexity index is 538. The molecule has 114 valence electrons. The van der Waals surface area contributed by atoms with Crippen molar-refractivity contribution in [3.05, 3.63) is 22.4 Å². The Balaban J connectivity index is 1.80. The highest BCUT2D eigenvalue weighted by molar-refractivity contribution is 7.09. The second-order valence-electron chi connectivity index (χ2n) is 6.29. The van der Waals surface area contributed by atoms with Gasteiger partial charge in [-0.15, -0.1) is 11.3 Å². The fourth-order valence-electron chi connectivity index (χ4n) is 3.03. The van der Waals surface area contributed by atoms with Crippen LogP contribution >= 0.6 is 11.3 Å². The van der Waals surface area contributed by atoms with Crippen LogP contribution in [0.3, 0.4) is 0 Å². The van der Waals surface area contributed by atoms with E-state index in [1.54, 1.807) is 11.3 Å². The zero-order valence-electron chi connectivity index (χ0n) is 12.6. The predicted molar refractivity (Wildman–Crippen MR) is 83.1 cm³/mol. The summed E-state index contributed by atoms with van der Waals surface area (Å²) >= 11 is 1.71. The molecule has 2 amide bonds. The average Bonchev–Trinajstić information content (AvgIpc) is 3.16. The Labute approximate surface area is 129 Å². The summed E-state index contributed by atoms with van der Waals surface area (Å²) in [5.41, 5.74) is -0.738. The maximum atomic E-state index is 12.8. The highest BCUT2D eigenvalue weighted by Crippen LogP contribution is 2.38. The Kier molecular flexibility index (Phi) is 3.78. The summed E-state index contributed by atoms with van der Waals surface area (Å²) in [6.45, 7) is 4.44. The van der Waals surface area contributed by atoms with Gasteiger partial charge in [-0.25, -0.2) is 0 Å². The van der Waals surface area contributed by atoms with Crippen molar-refractivity contribution in [3.8, 4) is 0 Å². The summed E-state index contributed by atoms with van der Waals surface area (Å²) in [6, 6.07) is 3.86. The molecular weight excluding hydrogens is 284 g/mol. The molecule has 2 unspecified atom stereocenters. The maximum Gasteiger partial charge on any atom is 0.248 e. The molecule has 21 heavy (non-hydrogen) atoms. The van der Waals surface area contributed by atoms with E-state index in [2.05, 4.69) is 16.8 Å². The van der Waals surface area contributed by atoms with Crippen LogP contribution in [0.5, 0.6) is 0 Å². The molecule has 1 aliphatic carbocycles. The number of hydrogen-bond acceptors (Lipinski definition) is 3. The van der Waals surface area contributed by atoms with Crippen LogP contribution in [0.25, 0.3) is 0 Å². The van der Waals surface area contributed by atoms with E-state index in [4.69, 9.17) is 0 Å². The molecule has 0 radical (unpaired) electrons. The van der Waals surface area contributed by atoms with Crippen LogP contribution in [0.15, 0.2) is 17.5 Å². The molecule has 2 fully saturated rings. The third-order valence-electron chi connectivity index (χ3n) is 4.69. The summed E-state index contributed by atoms with van der Waals surface area (Å²) in [5.74, 6) is 0.476. The molecule has 2 aliphatic rings. The van der Waals surface area contributed by atoms with Crippen LogP contribution in [-0.4, -0.2) is 34.8 Å². The van der Waals surface area contributed by atoms with E-state index in [-0.39, 0.29) is 17.9 Å². The number of thiophene rings is 1. The second-order valence-corrected chi connectivity index (χ2v) is 7.32. The Morgan fingerprint density at radius 2 is 2.19 bits per heavy atom. The minimum absolute atomic E-state index is 0.0348. The van der Waals surface area contributed by atoms with Crippen molar-refractivity contribution in [2.24, 2.45) is 5.92 Å². The normalized spacial score (nSPS) is 29.6. The smallest absolute Gasteiger partial charge is 0.248 e. The largest absolute Gasteiger partial charge is 0.340 e. The average molecular weight is 306 g/mol. The van der Waals surface area contributed by atoms with Gasteiger partial charge in [0.1, 0.15) is 11.6 Å².